The van der Waals surface area contributed by atoms with Crippen LogP contribution in [0.3, 0.4) is 0 Å². The van der Waals surface area contributed by atoms with Gasteiger partial charge in [0.2, 0.25) is 6.54 Å². The van der Waals surface area contributed by atoms with Gasteiger partial charge in [-0.3, -0.25) is 9.59 Å². The number of thioether (sulfide) groups is 1. The van der Waals surface area contributed by atoms with E-state index >= 15 is 0 Å². The average molecular weight is 254 g/mol. The molecule has 1 aromatic heterocycles. The zero-order chi connectivity index (χ0) is 12.8. The lowest BCUT2D eigenvalue weighted by Gasteiger charge is -2.02. The van der Waals surface area contributed by atoms with Crippen molar-refractivity contribution in [3.63, 3.8) is 0 Å². The van der Waals surface area contributed by atoms with Gasteiger partial charge in [0.25, 0.3) is 5.91 Å². The molecule has 1 heterocycles. The van der Waals surface area contributed by atoms with Crippen LogP contribution in [0.1, 0.15) is 17.3 Å². The van der Waals surface area contributed by atoms with Gasteiger partial charge in [-0.2, -0.15) is 4.57 Å². The number of primary amides is 1. The minimum Gasteiger partial charge on any atom is -0.364 e. The standard InChI is InChI=1S/C11H15N3O2S/c1-8(15)9-4-10(17-3-2-12)6-14(5-9)7-11(13)16/h4-6H,2-3,7,12H2,1H3,(H-,13,16)/p+1. The molecule has 0 bridgehead atoms. The van der Waals surface area contributed by atoms with Crippen LogP contribution >= 0.6 is 11.8 Å². The molecule has 0 aliphatic rings. The van der Waals surface area contributed by atoms with E-state index in [1.807, 2.05) is 0 Å². The molecular weight excluding hydrogens is 238 g/mol. The summed E-state index contributed by atoms with van der Waals surface area (Å²) < 4.78 is 1.62. The molecule has 92 valence electrons. The number of Topliss-reactive ketones (excluding diaryl/α,β-unsaturated/α-hetero) is 1. The largest absolute Gasteiger partial charge is 0.364 e. The van der Waals surface area contributed by atoms with Crippen LogP contribution in [0.15, 0.2) is 23.4 Å². The lowest BCUT2D eigenvalue weighted by Crippen LogP contribution is -2.41. The van der Waals surface area contributed by atoms with Crippen LogP contribution < -0.4 is 16.0 Å². The van der Waals surface area contributed by atoms with Crippen molar-refractivity contribution in [3.8, 4) is 0 Å². The summed E-state index contributed by atoms with van der Waals surface area (Å²) in [6.07, 6.45) is 3.41. The van der Waals surface area contributed by atoms with Gasteiger partial charge in [0.15, 0.2) is 18.2 Å². The molecule has 1 rings (SSSR count). The molecular formula is C11H16N3O2S+. The summed E-state index contributed by atoms with van der Waals surface area (Å²) in [5.41, 5.74) is 11.1. The van der Waals surface area contributed by atoms with Gasteiger partial charge < -0.3 is 11.5 Å². The fourth-order valence-electron chi connectivity index (χ4n) is 1.33. The Kier molecular flexibility index (Phi) is 5.11. The summed E-state index contributed by atoms with van der Waals surface area (Å²) in [5.74, 6) is 0.279. The number of carbonyl (C=O) groups is 2. The molecule has 17 heavy (non-hydrogen) atoms. The second kappa shape index (κ2) is 6.36. The summed E-state index contributed by atoms with van der Waals surface area (Å²) in [6, 6.07) is 1.79. The lowest BCUT2D eigenvalue weighted by atomic mass is 10.2. The Labute approximate surface area is 104 Å². The third-order valence-corrected chi connectivity index (χ3v) is 3.02. The molecule has 1 amide bonds. The Morgan fingerprint density at radius 2 is 2.12 bits per heavy atom. The van der Waals surface area contributed by atoms with Crippen LogP contribution in [-0.2, 0) is 11.3 Å². The Morgan fingerprint density at radius 3 is 2.65 bits per heavy atom. The van der Waals surface area contributed by atoms with Gasteiger partial charge in [-0.25, -0.2) is 0 Å². The highest BCUT2D eigenvalue weighted by Gasteiger charge is 2.12. The number of nitrogens with two attached hydrogens (primary N) is 2. The summed E-state index contributed by atoms with van der Waals surface area (Å²) in [7, 11) is 0. The molecule has 0 spiro atoms. The first-order valence-electron chi connectivity index (χ1n) is 5.19. The van der Waals surface area contributed by atoms with E-state index in [0.717, 1.165) is 10.6 Å². The van der Waals surface area contributed by atoms with Gasteiger partial charge >= 0.3 is 0 Å². The second-order valence-electron chi connectivity index (χ2n) is 3.59. The topological polar surface area (TPSA) is 90.1 Å². The summed E-state index contributed by atoms with van der Waals surface area (Å²) >= 11 is 1.54. The van der Waals surface area contributed by atoms with Crippen LogP contribution in [0.5, 0.6) is 0 Å². The fourth-order valence-corrected chi connectivity index (χ4v) is 2.10. The minimum atomic E-state index is -0.439. The first kappa shape index (κ1) is 13.7. The van der Waals surface area contributed by atoms with Crippen molar-refractivity contribution in [2.45, 2.75) is 18.4 Å². The molecule has 0 radical (unpaired) electrons. The first-order chi connectivity index (χ1) is 8.02. The molecule has 0 unspecified atom stereocenters. The van der Waals surface area contributed by atoms with Crippen LogP contribution in [0, 0.1) is 0 Å². The van der Waals surface area contributed by atoms with E-state index in [4.69, 9.17) is 11.5 Å². The SMILES string of the molecule is CC(=O)c1cc(SCCN)c[n+](CC(N)=O)c1. The smallest absolute Gasteiger partial charge is 0.283 e. The number of hydrogen-bond acceptors (Lipinski definition) is 4. The van der Waals surface area contributed by atoms with E-state index in [-0.39, 0.29) is 12.3 Å². The summed E-state index contributed by atoms with van der Waals surface area (Å²) in [4.78, 5) is 23.1. The normalized spacial score (nSPS) is 10.2. The van der Waals surface area contributed by atoms with Gasteiger partial charge in [-0.05, 0) is 13.0 Å². The van der Waals surface area contributed by atoms with Crippen LogP contribution in [-0.4, -0.2) is 24.0 Å². The summed E-state index contributed by atoms with van der Waals surface area (Å²) in [6.45, 7) is 2.11. The molecule has 0 saturated carbocycles. The highest BCUT2D eigenvalue weighted by molar-refractivity contribution is 7.99. The molecule has 0 aliphatic carbocycles. The van der Waals surface area contributed by atoms with Crippen molar-refractivity contribution < 1.29 is 14.2 Å². The molecule has 1 aromatic rings. The third kappa shape index (κ3) is 4.54. The number of aromatic nitrogens is 1. The summed E-state index contributed by atoms with van der Waals surface area (Å²) in [5, 5.41) is 0. The number of ketones is 1. The zero-order valence-corrected chi connectivity index (χ0v) is 10.5. The predicted octanol–water partition coefficient (Wildman–Crippen LogP) is -0.287. The Morgan fingerprint density at radius 1 is 1.41 bits per heavy atom. The fraction of sp³-hybridized carbons (Fsp3) is 0.364. The van der Waals surface area contributed by atoms with Crippen molar-refractivity contribution in [2.24, 2.45) is 11.5 Å². The molecule has 0 saturated heterocycles. The number of nitrogens with zero attached hydrogens (tertiary/aromatic N) is 1. The highest BCUT2D eigenvalue weighted by Crippen LogP contribution is 2.16. The highest BCUT2D eigenvalue weighted by atomic mass is 32.2. The van der Waals surface area contributed by atoms with Crippen LogP contribution in [0.25, 0.3) is 0 Å². The maximum Gasteiger partial charge on any atom is 0.283 e. The van der Waals surface area contributed by atoms with E-state index in [2.05, 4.69) is 0 Å². The number of pyridine rings is 1. The van der Waals surface area contributed by atoms with Gasteiger partial charge in [0.05, 0.1) is 10.5 Å². The maximum absolute atomic E-state index is 11.3. The van der Waals surface area contributed by atoms with Crippen molar-refractivity contribution in [3.05, 3.63) is 24.0 Å². The van der Waals surface area contributed by atoms with E-state index < -0.39 is 5.91 Å². The molecule has 5 nitrogen and oxygen atoms in total. The Hall–Kier alpha value is -1.40. The average Bonchev–Trinajstić information content (AvgIpc) is 2.25. The Balaban J connectivity index is 3.00. The van der Waals surface area contributed by atoms with E-state index in [0.29, 0.717) is 12.1 Å². The van der Waals surface area contributed by atoms with Crippen molar-refractivity contribution in [1.29, 1.82) is 0 Å². The van der Waals surface area contributed by atoms with E-state index in [9.17, 15) is 9.59 Å². The number of rotatable bonds is 6. The van der Waals surface area contributed by atoms with Gasteiger partial charge in [0, 0.05) is 12.3 Å². The number of carbonyl (C=O) groups excluding carboxylic acids is 2. The predicted molar refractivity (Wildman–Crippen MR) is 65.6 cm³/mol. The molecule has 4 N–H and O–H groups in total. The van der Waals surface area contributed by atoms with Gasteiger partial charge in [-0.15, -0.1) is 11.8 Å². The van der Waals surface area contributed by atoms with Gasteiger partial charge in [-0.1, -0.05) is 0 Å². The maximum atomic E-state index is 11.3. The second-order valence-corrected chi connectivity index (χ2v) is 4.76. The van der Waals surface area contributed by atoms with Crippen molar-refractivity contribution in [2.75, 3.05) is 12.3 Å². The molecule has 0 aliphatic heterocycles. The minimum absolute atomic E-state index is 0.0431. The van der Waals surface area contributed by atoms with Crippen molar-refractivity contribution >= 4 is 23.5 Å². The third-order valence-electron chi connectivity index (χ3n) is 2.03. The lowest BCUT2D eigenvalue weighted by molar-refractivity contribution is -0.686. The van der Waals surface area contributed by atoms with E-state index in [1.165, 1.54) is 6.92 Å². The molecule has 0 fully saturated rings. The number of hydrogen-bond donors (Lipinski definition) is 2. The van der Waals surface area contributed by atoms with E-state index in [1.54, 1.807) is 34.8 Å². The monoisotopic (exact) mass is 254 g/mol. The molecule has 6 heteroatoms. The zero-order valence-electron chi connectivity index (χ0n) is 9.68. The molecule has 0 aromatic carbocycles. The number of amides is 1. The molecule has 0 atom stereocenters. The van der Waals surface area contributed by atoms with Crippen LogP contribution in [0.2, 0.25) is 0 Å². The van der Waals surface area contributed by atoms with Crippen LogP contribution in [0.4, 0.5) is 0 Å². The van der Waals surface area contributed by atoms with Crippen molar-refractivity contribution in [1.82, 2.24) is 0 Å². The quantitative estimate of drug-likeness (QED) is 0.415. The first-order valence-corrected chi connectivity index (χ1v) is 6.17. The van der Waals surface area contributed by atoms with Gasteiger partial charge in [0.1, 0.15) is 0 Å². The Bertz CT molecular complexity index is 435.